The largest absolute Gasteiger partial charge is 0.440 e. The van der Waals surface area contributed by atoms with Crippen molar-refractivity contribution >= 4 is 34.8 Å². The molecule has 18 heavy (non-hydrogen) atoms. The van der Waals surface area contributed by atoms with Crippen molar-refractivity contribution in [2.24, 2.45) is 0 Å². The van der Waals surface area contributed by atoms with Crippen LogP contribution < -0.4 is 5.32 Å². The molecule has 1 aromatic heterocycles. The molecule has 0 saturated carbocycles. The molecule has 2 aromatic rings. The second kappa shape index (κ2) is 5.13. The third kappa shape index (κ3) is 2.65. The minimum Gasteiger partial charge on any atom is -0.440 e. The minimum atomic E-state index is -0.487. The number of nitrogens with one attached hydrogen (secondary N) is 1. The number of benzene rings is 1. The summed E-state index contributed by atoms with van der Waals surface area (Å²) < 4.78 is 4.96. The molecular weight excluding hydrogens is 275 g/mol. The number of amides is 1. The van der Waals surface area contributed by atoms with Gasteiger partial charge < -0.3 is 9.73 Å². The van der Waals surface area contributed by atoms with Crippen molar-refractivity contribution in [1.82, 2.24) is 0 Å². The quantitative estimate of drug-likeness (QED) is 0.912. The molecule has 1 aromatic carbocycles. The topological polar surface area (TPSA) is 66.0 Å². The number of carbonyl (C=O) groups is 1. The molecule has 0 fully saturated rings. The van der Waals surface area contributed by atoms with Gasteiger partial charge in [-0.3, -0.25) is 4.79 Å². The maximum atomic E-state index is 11.8. The first-order chi connectivity index (χ1) is 8.60. The number of rotatable bonds is 2. The number of nitrogens with zero attached hydrogens (tertiary/aromatic N) is 1. The normalized spacial score (nSPS) is 9.83. The van der Waals surface area contributed by atoms with Crippen LogP contribution in [0.15, 0.2) is 34.7 Å². The zero-order valence-electron chi connectivity index (χ0n) is 8.91. The molecule has 0 radical (unpaired) electrons. The van der Waals surface area contributed by atoms with Crippen LogP contribution in [-0.2, 0) is 0 Å². The average Bonchev–Trinajstić information content (AvgIpc) is 2.79. The average molecular weight is 281 g/mol. The fraction of sp³-hybridized carbons (Fsp3) is 0. The number of furan rings is 1. The first-order valence-corrected chi connectivity index (χ1v) is 5.62. The lowest BCUT2D eigenvalue weighted by Crippen LogP contribution is -2.11. The highest BCUT2D eigenvalue weighted by atomic mass is 35.5. The van der Waals surface area contributed by atoms with E-state index in [1.165, 1.54) is 24.3 Å². The number of nitriles is 1. The van der Waals surface area contributed by atoms with E-state index < -0.39 is 5.91 Å². The number of hydrogen-bond acceptors (Lipinski definition) is 3. The van der Waals surface area contributed by atoms with Gasteiger partial charge in [-0.2, -0.15) is 5.26 Å². The molecule has 0 saturated heterocycles. The van der Waals surface area contributed by atoms with Crippen molar-refractivity contribution in [3.05, 3.63) is 51.9 Å². The van der Waals surface area contributed by atoms with E-state index in [0.717, 1.165) is 0 Å². The van der Waals surface area contributed by atoms with Crippen LogP contribution in [0.5, 0.6) is 0 Å². The molecule has 0 atom stereocenters. The molecule has 6 heteroatoms. The number of hydrogen-bond donors (Lipinski definition) is 1. The van der Waals surface area contributed by atoms with E-state index >= 15 is 0 Å². The van der Waals surface area contributed by atoms with Crippen molar-refractivity contribution in [3.8, 4) is 6.07 Å². The zero-order chi connectivity index (χ0) is 13.1. The van der Waals surface area contributed by atoms with E-state index in [-0.39, 0.29) is 11.0 Å². The first-order valence-electron chi connectivity index (χ1n) is 4.86. The summed E-state index contributed by atoms with van der Waals surface area (Å²) in [6, 6.07) is 9.43. The Hall–Kier alpha value is -1.96. The highest BCUT2D eigenvalue weighted by Gasteiger charge is 2.12. The van der Waals surface area contributed by atoms with E-state index in [9.17, 15) is 4.79 Å². The van der Waals surface area contributed by atoms with E-state index in [1.807, 2.05) is 6.07 Å². The third-order valence-electron chi connectivity index (χ3n) is 2.14. The third-order valence-corrected chi connectivity index (χ3v) is 2.67. The molecule has 0 aliphatic rings. The van der Waals surface area contributed by atoms with Gasteiger partial charge in [-0.25, -0.2) is 0 Å². The Morgan fingerprint density at radius 2 is 2.06 bits per heavy atom. The predicted octanol–water partition coefficient (Wildman–Crippen LogP) is 3.71. The second-order valence-corrected chi connectivity index (χ2v) is 4.14. The molecule has 0 spiro atoms. The van der Waals surface area contributed by atoms with Crippen LogP contribution in [0.4, 0.5) is 5.69 Å². The van der Waals surface area contributed by atoms with Crippen LogP contribution in [0.1, 0.15) is 16.1 Å². The van der Waals surface area contributed by atoms with Gasteiger partial charge in [0.1, 0.15) is 0 Å². The Balaban J connectivity index is 2.24. The first kappa shape index (κ1) is 12.5. The van der Waals surface area contributed by atoms with Gasteiger partial charge in [0.05, 0.1) is 22.3 Å². The van der Waals surface area contributed by atoms with Crippen molar-refractivity contribution in [1.29, 1.82) is 5.26 Å². The van der Waals surface area contributed by atoms with Crippen LogP contribution in [0, 0.1) is 11.3 Å². The van der Waals surface area contributed by atoms with Crippen LogP contribution >= 0.6 is 23.2 Å². The van der Waals surface area contributed by atoms with Crippen LogP contribution in [0.25, 0.3) is 0 Å². The lowest BCUT2D eigenvalue weighted by Gasteiger charge is -2.05. The molecule has 0 aliphatic heterocycles. The lowest BCUT2D eigenvalue weighted by atomic mass is 10.2. The molecular formula is C12H6Cl2N2O2. The highest BCUT2D eigenvalue weighted by molar-refractivity contribution is 6.34. The Morgan fingerprint density at radius 3 is 2.67 bits per heavy atom. The molecule has 4 nitrogen and oxygen atoms in total. The zero-order valence-corrected chi connectivity index (χ0v) is 10.4. The summed E-state index contributed by atoms with van der Waals surface area (Å²) >= 11 is 11.5. The summed E-state index contributed by atoms with van der Waals surface area (Å²) in [5.41, 5.74) is 0.736. The number of halogens is 2. The molecule has 2 rings (SSSR count). The van der Waals surface area contributed by atoms with Gasteiger partial charge in [0, 0.05) is 0 Å². The number of carbonyl (C=O) groups excluding carboxylic acids is 1. The van der Waals surface area contributed by atoms with Gasteiger partial charge in [-0.05, 0) is 41.9 Å². The molecule has 1 N–H and O–H groups in total. The fourth-order valence-corrected chi connectivity index (χ4v) is 1.62. The Bertz CT molecular complexity index is 644. The smallest absolute Gasteiger partial charge is 0.291 e. The molecule has 0 unspecified atom stereocenters. The SMILES string of the molecule is N#Cc1ccc(Cl)c(NC(=O)c2ccc(Cl)o2)c1. The summed E-state index contributed by atoms with van der Waals surface area (Å²) in [5, 5.41) is 11.8. The molecule has 0 aliphatic carbocycles. The van der Waals surface area contributed by atoms with E-state index in [2.05, 4.69) is 5.32 Å². The van der Waals surface area contributed by atoms with Gasteiger partial charge in [0.25, 0.3) is 5.91 Å². The van der Waals surface area contributed by atoms with Crippen LogP contribution in [0.2, 0.25) is 10.2 Å². The van der Waals surface area contributed by atoms with Crippen molar-refractivity contribution in [2.45, 2.75) is 0 Å². The molecule has 0 bridgehead atoms. The Morgan fingerprint density at radius 1 is 1.28 bits per heavy atom. The van der Waals surface area contributed by atoms with Gasteiger partial charge in [0.2, 0.25) is 0 Å². The van der Waals surface area contributed by atoms with Gasteiger partial charge in [-0.1, -0.05) is 11.6 Å². The highest BCUT2D eigenvalue weighted by Crippen LogP contribution is 2.24. The second-order valence-electron chi connectivity index (χ2n) is 3.36. The van der Waals surface area contributed by atoms with E-state index in [1.54, 1.807) is 6.07 Å². The molecule has 1 amide bonds. The van der Waals surface area contributed by atoms with E-state index in [0.29, 0.717) is 16.3 Å². The van der Waals surface area contributed by atoms with Crippen molar-refractivity contribution in [3.63, 3.8) is 0 Å². The Kier molecular flexibility index (Phi) is 3.56. The molecule has 1 heterocycles. The monoisotopic (exact) mass is 280 g/mol. The predicted molar refractivity (Wildman–Crippen MR) is 67.8 cm³/mol. The summed E-state index contributed by atoms with van der Waals surface area (Å²) in [6.45, 7) is 0. The van der Waals surface area contributed by atoms with Gasteiger partial charge in [-0.15, -0.1) is 0 Å². The summed E-state index contributed by atoms with van der Waals surface area (Å²) in [6.07, 6.45) is 0. The van der Waals surface area contributed by atoms with Crippen LogP contribution in [0.3, 0.4) is 0 Å². The number of anilines is 1. The van der Waals surface area contributed by atoms with Crippen molar-refractivity contribution < 1.29 is 9.21 Å². The van der Waals surface area contributed by atoms with Gasteiger partial charge >= 0.3 is 0 Å². The van der Waals surface area contributed by atoms with E-state index in [4.69, 9.17) is 32.9 Å². The van der Waals surface area contributed by atoms with Crippen LogP contribution in [-0.4, -0.2) is 5.91 Å². The fourth-order valence-electron chi connectivity index (χ4n) is 1.31. The minimum absolute atomic E-state index is 0.0680. The molecule has 90 valence electrons. The maximum Gasteiger partial charge on any atom is 0.291 e. The summed E-state index contributed by atoms with van der Waals surface area (Å²) in [7, 11) is 0. The van der Waals surface area contributed by atoms with Crippen molar-refractivity contribution in [2.75, 3.05) is 5.32 Å². The van der Waals surface area contributed by atoms with Gasteiger partial charge in [0.15, 0.2) is 11.0 Å². The standard InChI is InChI=1S/C12H6Cl2N2O2/c13-8-2-1-7(6-15)5-9(8)16-12(17)10-3-4-11(14)18-10/h1-5H,(H,16,17). The Labute approximate surface area is 113 Å². The maximum absolute atomic E-state index is 11.8. The lowest BCUT2D eigenvalue weighted by molar-refractivity contribution is 0.0997. The summed E-state index contributed by atoms with van der Waals surface area (Å²) in [5.74, 6) is -0.419. The summed E-state index contributed by atoms with van der Waals surface area (Å²) in [4.78, 5) is 11.8.